The van der Waals surface area contributed by atoms with Gasteiger partial charge in [0.15, 0.2) is 16.6 Å². The van der Waals surface area contributed by atoms with Gasteiger partial charge in [-0.15, -0.1) is 0 Å². The van der Waals surface area contributed by atoms with Gasteiger partial charge in [0.2, 0.25) is 0 Å². The topological polar surface area (TPSA) is 135 Å². The van der Waals surface area contributed by atoms with E-state index in [0.29, 0.717) is 28.1 Å². The van der Waals surface area contributed by atoms with Crippen LogP contribution >= 0.6 is 11.3 Å². The molecule has 0 aliphatic carbocycles. The maximum Gasteiger partial charge on any atom is 0.350 e. The Bertz CT molecular complexity index is 1540. The molecule has 0 spiro atoms. The van der Waals surface area contributed by atoms with Gasteiger partial charge in [-0.3, -0.25) is 14.5 Å². The summed E-state index contributed by atoms with van der Waals surface area (Å²) in [5.41, 5.74) is 1.43. The summed E-state index contributed by atoms with van der Waals surface area (Å²) in [5, 5.41) is 21.8. The zero-order chi connectivity index (χ0) is 29.1. The summed E-state index contributed by atoms with van der Waals surface area (Å²) in [6.45, 7) is 8.84. The Labute approximate surface area is 234 Å². The summed E-state index contributed by atoms with van der Waals surface area (Å²) in [5.74, 6) is -2.36. The fourth-order valence-corrected chi connectivity index (χ4v) is 5.35. The van der Waals surface area contributed by atoms with Gasteiger partial charge in [-0.1, -0.05) is 30.1 Å². The second-order valence-corrected chi connectivity index (χ2v) is 9.79. The number of amides is 1. The number of aromatic nitrogens is 1. The lowest BCUT2D eigenvalue weighted by atomic mass is 9.93. The van der Waals surface area contributed by atoms with Crippen LogP contribution < -0.4 is 14.4 Å². The van der Waals surface area contributed by atoms with Crippen molar-refractivity contribution >= 4 is 39.9 Å². The smallest absolute Gasteiger partial charge is 0.350 e. The number of thiazole rings is 1. The third-order valence-electron chi connectivity index (χ3n) is 6.24. The molecule has 4 rings (SSSR count). The molecule has 1 aliphatic rings. The first kappa shape index (κ1) is 28.4. The Morgan fingerprint density at radius 3 is 2.60 bits per heavy atom. The van der Waals surface area contributed by atoms with Crippen molar-refractivity contribution < 1.29 is 38.8 Å². The predicted molar refractivity (Wildman–Crippen MR) is 149 cm³/mol. The molecule has 10 nitrogen and oxygen atoms in total. The normalized spacial score (nSPS) is 16.2. The van der Waals surface area contributed by atoms with E-state index in [1.807, 2.05) is 0 Å². The SMILES string of the molecule is C=CCOC(=O)c1sc(N2C(=O)C(=O)/C(=C(/O)c3ccc(OC)cc3C)C2c2ccc(O)c(OCC)c2)nc1C. The molecule has 40 heavy (non-hydrogen) atoms. The molecule has 1 unspecified atom stereocenters. The Balaban J connectivity index is 1.94. The molecule has 2 aromatic carbocycles. The number of ether oxygens (including phenoxy) is 3. The Hall–Kier alpha value is -4.64. The molecule has 1 aromatic heterocycles. The number of Topliss-reactive ketones (excluding diaryl/α,β-unsaturated/α-hetero) is 1. The number of rotatable bonds is 9. The Morgan fingerprint density at radius 2 is 1.95 bits per heavy atom. The van der Waals surface area contributed by atoms with Crippen LogP contribution in [0.4, 0.5) is 5.13 Å². The average Bonchev–Trinajstić information content (AvgIpc) is 3.44. The number of hydrogen-bond acceptors (Lipinski definition) is 10. The number of nitrogens with zero attached hydrogens (tertiary/aromatic N) is 2. The molecule has 2 N–H and O–H groups in total. The minimum atomic E-state index is -1.15. The maximum absolute atomic E-state index is 13.5. The number of methoxy groups -OCH3 is 1. The van der Waals surface area contributed by atoms with Crippen molar-refractivity contribution in [1.29, 1.82) is 0 Å². The van der Waals surface area contributed by atoms with Gasteiger partial charge in [-0.25, -0.2) is 9.78 Å². The van der Waals surface area contributed by atoms with E-state index in [0.717, 1.165) is 16.2 Å². The summed E-state index contributed by atoms with van der Waals surface area (Å²) in [7, 11) is 1.51. The van der Waals surface area contributed by atoms with E-state index in [-0.39, 0.29) is 40.3 Å². The number of aryl methyl sites for hydroxylation is 2. The third kappa shape index (κ3) is 5.15. The molecule has 1 amide bonds. The predicted octanol–water partition coefficient (Wildman–Crippen LogP) is 4.84. The van der Waals surface area contributed by atoms with E-state index in [1.54, 1.807) is 39.0 Å². The first-order valence-electron chi connectivity index (χ1n) is 12.3. The first-order chi connectivity index (χ1) is 19.1. The van der Waals surface area contributed by atoms with Crippen molar-refractivity contribution in [3.63, 3.8) is 0 Å². The highest BCUT2D eigenvalue weighted by Crippen LogP contribution is 2.45. The second-order valence-electron chi connectivity index (χ2n) is 8.81. The summed E-state index contributed by atoms with van der Waals surface area (Å²) in [4.78, 5) is 45.3. The molecule has 208 valence electrons. The summed E-state index contributed by atoms with van der Waals surface area (Å²) < 4.78 is 15.9. The number of anilines is 1. The van der Waals surface area contributed by atoms with E-state index in [2.05, 4.69) is 11.6 Å². The van der Waals surface area contributed by atoms with Crippen LogP contribution in [-0.4, -0.2) is 53.2 Å². The second kappa shape index (κ2) is 11.6. The summed E-state index contributed by atoms with van der Waals surface area (Å²) in [6.07, 6.45) is 1.43. The molecule has 11 heteroatoms. The molecule has 1 atom stereocenters. The Kier molecular flexibility index (Phi) is 8.24. The standard InChI is InChI=1S/C29H28N2O8S/c1-6-12-39-28(36)26-16(4)30-29(40-26)31-23(17-8-11-20(32)21(14-17)38-7-2)22(25(34)27(31)35)24(33)19-10-9-18(37-5)13-15(19)3/h6,8-11,13-14,23,32-33H,1,7,12H2,2-5H3/b24-22+. The number of phenols is 1. The minimum Gasteiger partial charge on any atom is -0.507 e. The Morgan fingerprint density at radius 1 is 1.20 bits per heavy atom. The van der Waals surface area contributed by atoms with Crippen LogP contribution in [0.2, 0.25) is 0 Å². The average molecular weight is 565 g/mol. The van der Waals surface area contributed by atoms with E-state index >= 15 is 0 Å². The maximum atomic E-state index is 13.5. The van der Waals surface area contributed by atoms with Crippen molar-refractivity contribution in [3.8, 4) is 17.2 Å². The van der Waals surface area contributed by atoms with Crippen LogP contribution in [0.25, 0.3) is 5.76 Å². The zero-order valence-electron chi connectivity index (χ0n) is 22.4. The molecule has 1 saturated heterocycles. The monoisotopic (exact) mass is 564 g/mol. The molecule has 0 saturated carbocycles. The van der Waals surface area contributed by atoms with Crippen LogP contribution in [0, 0.1) is 13.8 Å². The van der Waals surface area contributed by atoms with Crippen LogP contribution in [0.15, 0.2) is 54.6 Å². The number of hydrogen-bond donors (Lipinski definition) is 2. The number of benzene rings is 2. The van der Waals surface area contributed by atoms with E-state index in [1.165, 1.54) is 31.4 Å². The van der Waals surface area contributed by atoms with Crippen LogP contribution in [-0.2, 0) is 14.3 Å². The zero-order valence-corrected chi connectivity index (χ0v) is 23.2. The van der Waals surface area contributed by atoms with E-state index in [9.17, 15) is 24.6 Å². The van der Waals surface area contributed by atoms with Crippen molar-refractivity contribution in [2.24, 2.45) is 0 Å². The molecular formula is C29H28N2O8S. The van der Waals surface area contributed by atoms with Gasteiger partial charge in [0.1, 0.15) is 23.0 Å². The lowest BCUT2D eigenvalue weighted by Gasteiger charge is -2.24. The van der Waals surface area contributed by atoms with Crippen molar-refractivity contribution in [2.75, 3.05) is 25.2 Å². The molecule has 1 fully saturated rings. The third-order valence-corrected chi connectivity index (χ3v) is 7.38. The van der Waals surface area contributed by atoms with Gasteiger partial charge in [0.25, 0.3) is 5.78 Å². The van der Waals surface area contributed by atoms with Gasteiger partial charge in [0.05, 0.1) is 31.0 Å². The van der Waals surface area contributed by atoms with E-state index in [4.69, 9.17) is 14.2 Å². The van der Waals surface area contributed by atoms with Crippen LogP contribution in [0.1, 0.15) is 45.0 Å². The number of carbonyl (C=O) groups is 3. The molecule has 0 bridgehead atoms. The number of esters is 1. The highest BCUT2D eigenvalue weighted by molar-refractivity contribution is 7.17. The number of phenolic OH excluding ortho intramolecular Hbond substituents is 1. The van der Waals surface area contributed by atoms with Crippen LogP contribution in [0.3, 0.4) is 0 Å². The fraction of sp³-hybridized carbons (Fsp3) is 0.241. The number of carbonyl (C=O) groups excluding carboxylic acids is 3. The van der Waals surface area contributed by atoms with Gasteiger partial charge in [0, 0.05) is 5.56 Å². The molecule has 2 heterocycles. The molecule has 1 aliphatic heterocycles. The van der Waals surface area contributed by atoms with Gasteiger partial charge < -0.3 is 24.4 Å². The van der Waals surface area contributed by atoms with Crippen molar-refractivity contribution in [2.45, 2.75) is 26.8 Å². The first-order valence-corrected chi connectivity index (χ1v) is 13.1. The van der Waals surface area contributed by atoms with E-state index < -0.39 is 29.5 Å². The number of aromatic hydroxyl groups is 1. The number of aliphatic hydroxyl groups excluding tert-OH is 1. The molecule has 3 aromatic rings. The van der Waals surface area contributed by atoms with Crippen LogP contribution in [0.5, 0.6) is 17.2 Å². The highest BCUT2D eigenvalue weighted by atomic mass is 32.1. The molecule has 0 radical (unpaired) electrons. The van der Waals surface area contributed by atoms with Gasteiger partial charge >= 0.3 is 11.9 Å². The lowest BCUT2D eigenvalue weighted by Crippen LogP contribution is -2.29. The largest absolute Gasteiger partial charge is 0.507 e. The lowest BCUT2D eigenvalue weighted by molar-refractivity contribution is -0.132. The summed E-state index contributed by atoms with van der Waals surface area (Å²) >= 11 is 0.886. The van der Waals surface area contributed by atoms with Crippen molar-refractivity contribution in [3.05, 3.63) is 81.9 Å². The number of aliphatic hydroxyl groups is 1. The van der Waals surface area contributed by atoms with Gasteiger partial charge in [-0.05, 0) is 62.2 Å². The number of ketones is 1. The summed E-state index contributed by atoms with van der Waals surface area (Å²) in [6, 6.07) is 8.17. The highest BCUT2D eigenvalue weighted by Gasteiger charge is 2.48. The fourth-order valence-electron chi connectivity index (χ4n) is 4.37. The molecular weight excluding hydrogens is 536 g/mol. The minimum absolute atomic E-state index is 0.00898. The van der Waals surface area contributed by atoms with Gasteiger partial charge in [-0.2, -0.15) is 0 Å². The van der Waals surface area contributed by atoms with Crippen molar-refractivity contribution in [1.82, 2.24) is 4.98 Å². The quantitative estimate of drug-likeness (QED) is 0.123.